The summed E-state index contributed by atoms with van der Waals surface area (Å²) >= 11 is 11.1. The van der Waals surface area contributed by atoms with E-state index in [1.807, 2.05) is 24.3 Å². The second-order valence-electron chi connectivity index (χ2n) is 5.84. The maximum Gasteiger partial charge on any atom is 0.258 e. The molecule has 0 spiro atoms. The second-order valence-corrected chi connectivity index (χ2v) is 8.23. The summed E-state index contributed by atoms with van der Waals surface area (Å²) in [4.78, 5) is 18.2. The number of pyridine rings is 1. The largest absolute Gasteiger partial charge is 0.486 e. The number of hydrogen-bond acceptors (Lipinski definition) is 5. The third-order valence-electron chi connectivity index (χ3n) is 3.92. The quantitative estimate of drug-likeness (QED) is 0.524. The summed E-state index contributed by atoms with van der Waals surface area (Å²) in [5.74, 6) is 0.829. The molecule has 0 saturated heterocycles. The lowest BCUT2D eigenvalue weighted by molar-refractivity contribution is 0.102. The van der Waals surface area contributed by atoms with Crippen LogP contribution >= 0.6 is 39.3 Å². The minimum absolute atomic E-state index is 0.300. The van der Waals surface area contributed by atoms with Gasteiger partial charge in [0.15, 0.2) is 11.5 Å². The standard InChI is InChI=1S/C20H14BrClN2O3S/c21-12-3-5-13(6-4-12)28-20-14(2-1-7-23-20)19(25)24-16-11-18-17(10-15(16)22)26-8-9-27-18/h1-7,10-11H,8-9H2,(H,24,25). The molecule has 0 unspecified atom stereocenters. The SMILES string of the molecule is O=C(Nc1cc2c(cc1Cl)OCCO2)c1cccnc1Sc1ccc(Br)cc1. The molecule has 3 aromatic rings. The summed E-state index contributed by atoms with van der Waals surface area (Å²) in [6, 6.07) is 14.6. The summed E-state index contributed by atoms with van der Waals surface area (Å²) in [7, 11) is 0. The van der Waals surface area contributed by atoms with Crippen molar-refractivity contribution in [2.24, 2.45) is 0 Å². The van der Waals surface area contributed by atoms with Crippen LogP contribution in [0, 0.1) is 0 Å². The number of carbonyl (C=O) groups is 1. The molecule has 0 aliphatic carbocycles. The number of hydrogen-bond donors (Lipinski definition) is 1. The number of nitrogens with one attached hydrogen (secondary N) is 1. The lowest BCUT2D eigenvalue weighted by atomic mass is 10.2. The van der Waals surface area contributed by atoms with E-state index in [-0.39, 0.29) is 5.91 Å². The number of anilines is 1. The van der Waals surface area contributed by atoms with E-state index in [2.05, 4.69) is 26.2 Å². The van der Waals surface area contributed by atoms with Crippen LogP contribution in [0.3, 0.4) is 0 Å². The Labute approximate surface area is 179 Å². The highest BCUT2D eigenvalue weighted by Crippen LogP contribution is 2.38. The Morgan fingerprint density at radius 1 is 1.11 bits per heavy atom. The minimum Gasteiger partial charge on any atom is -0.486 e. The zero-order valence-electron chi connectivity index (χ0n) is 14.4. The maximum absolute atomic E-state index is 12.9. The van der Waals surface area contributed by atoms with Crippen molar-refractivity contribution < 1.29 is 14.3 Å². The van der Waals surface area contributed by atoms with E-state index in [4.69, 9.17) is 21.1 Å². The molecule has 0 bridgehead atoms. The molecule has 1 amide bonds. The molecular formula is C20H14BrClN2O3S. The van der Waals surface area contributed by atoms with Gasteiger partial charge in [-0.3, -0.25) is 4.79 Å². The molecule has 8 heteroatoms. The van der Waals surface area contributed by atoms with E-state index in [9.17, 15) is 4.79 Å². The fourth-order valence-corrected chi connectivity index (χ4v) is 3.95. The van der Waals surface area contributed by atoms with Crippen molar-refractivity contribution in [1.29, 1.82) is 0 Å². The van der Waals surface area contributed by atoms with Crippen LogP contribution in [0.2, 0.25) is 5.02 Å². The number of halogens is 2. The maximum atomic E-state index is 12.9. The van der Waals surface area contributed by atoms with E-state index in [1.54, 1.807) is 30.5 Å². The fraction of sp³-hybridized carbons (Fsp3) is 0.100. The summed E-state index contributed by atoms with van der Waals surface area (Å²) in [6.07, 6.45) is 1.66. The summed E-state index contributed by atoms with van der Waals surface area (Å²) < 4.78 is 12.1. The van der Waals surface area contributed by atoms with Crippen molar-refractivity contribution in [3.05, 3.63) is 69.8 Å². The third-order valence-corrected chi connectivity index (χ3v) is 5.79. The number of aromatic nitrogens is 1. The van der Waals surface area contributed by atoms with Crippen molar-refractivity contribution in [2.45, 2.75) is 9.92 Å². The third kappa shape index (κ3) is 4.27. The van der Waals surface area contributed by atoms with Gasteiger partial charge in [-0.15, -0.1) is 0 Å². The molecule has 28 heavy (non-hydrogen) atoms. The Morgan fingerprint density at radius 3 is 2.57 bits per heavy atom. The molecule has 4 rings (SSSR count). The molecule has 0 atom stereocenters. The van der Waals surface area contributed by atoms with Gasteiger partial charge in [0.1, 0.15) is 18.2 Å². The number of benzene rings is 2. The molecule has 142 valence electrons. The molecular weight excluding hydrogens is 464 g/mol. The van der Waals surface area contributed by atoms with Gasteiger partial charge >= 0.3 is 0 Å². The molecule has 0 radical (unpaired) electrons. The molecule has 2 aromatic carbocycles. The van der Waals surface area contributed by atoms with Gasteiger partial charge in [0.05, 0.1) is 16.3 Å². The predicted molar refractivity (Wildman–Crippen MR) is 113 cm³/mol. The number of amides is 1. The average molecular weight is 478 g/mol. The first kappa shape index (κ1) is 19.1. The molecule has 2 heterocycles. The predicted octanol–water partition coefficient (Wildman–Crippen LogP) is 5.67. The van der Waals surface area contributed by atoms with Gasteiger partial charge in [-0.2, -0.15) is 0 Å². The van der Waals surface area contributed by atoms with Crippen LogP contribution in [-0.4, -0.2) is 24.1 Å². The smallest absolute Gasteiger partial charge is 0.258 e. The molecule has 0 saturated carbocycles. The normalized spacial score (nSPS) is 12.5. The molecule has 1 aliphatic heterocycles. The van der Waals surface area contributed by atoms with Crippen molar-refractivity contribution in [3.8, 4) is 11.5 Å². The van der Waals surface area contributed by atoms with Crippen molar-refractivity contribution in [1.82, 2.24) is 4.98 Å². The zero-order chi connectivity index (χ0) is 19.5. The van der Waals surface area contributed by atoms with Crippen LogP contribution < -0.4 is 14.8 Å². The minimum atomic E-state index is -0.300. The van der Waals surface area contributed by atoms with Crippen LogP contribution in [-0.2, 0) is 0 Å². The Morgan fingerprint density at radius 2 is 1.82 bits per heavy atom. The lowest BCUT2D eigenvalue weighted by Crippen LogP contribution is -2.17. The Kier molecular flexibility index (Phi) is 5.75. The molecule has 1 aromatic heterocycles. The highest BCUT2D eigenvalue weighted by Gasteiger charge is 2.19. The van der Waals surface area contributed by atoms with E-state index in [1.165, 1.54) is 11.8 Å². The van der Waals surface area contributed by atoms with Crippen LogP contribution in [0.4, 0.5) is 5.69 Å². The van der Waals surface area contributed by atoms with E-state index < -0.39 is 0 Å². The highest BCUT2D eigenvalue weighted by molar-refractivity contribution is 9.10. The van der Waals surface area contributed by atoms with Crippen LogP contribution in [0.25, 0.3) is 0 Å². The summed E-state index contributed by atoms with van der Waals surface area (Å²) in [5.41, 5.74) is 0.917. The van der Waals surface area contributed by atoms with Crippen LogP contribution in [0.5, 0.6) is 11.5 Å². The Hall–Kier alpha value is -2.22. The van der Waals surface area contributed by atoms with Crippen molar-refractivity contribution in [2.75, 3.05) is 18.5 Å². The van der Waals surface area contributed by atoms with Gasteiger partial charge in [-0.25, -0.2) is 4.98 Å². The number of rotatable bonds is 4. The number of nitrogens with zero attached hydrogens (tertiary/aromatic N) is 1. The van der Waals surface area contributed by atoms with Gasteiger partial charge < -0.3 is 14.8 Å². The van der Waals surface area contributed by atoms with Gasteiger partial charge in [-0.1, -0.05) is 39.3 Å². The molecule has 1 aliphatic rings. The van der Waals surface area contributed by atoms with Gasteiger partial charge in [0.2, 0.25) is 0 Å². The van der Waals surface area contributed by atoms with Gasteiger partial charge in [0, 0.05) is 27.7 Å². The van der Waals surface area contributed by atoms with E-state index in [0.29, 0.717) is 46.0 Å². The van der Waals surface area contributed by atoms with E-state index in [0.717, 1.165) is 9.37 Å². The highest BCUT2D eigenvalue weighted by atomic mass is 79.9. The lowest BCUT2D eigenvalue weighted by Gasteiger charge is -2.20. The van der Waals surface area contributed by atoms with Gasteiger partial charge in [-0.05, 0) is 36.4 Å². The first-order valence-electron chi connectivity index (χ1n) is 8.39. The van der Waals surface area contributed by atoms with Crippen LogP contribution in [0.15, 0.2) is 69.1 Å². The molecule has 0 fully saturated rings. The monoisotopic (exact) mass is 476 g/mol. The summed E-state index contributed by atoms with van der Waals surface area (Å²) in [6.45, 7) is 0.931. The Bertz CT molecular complexity index is 1030. The number of ether oxygens (including phenoxy) is 2. The Balaban J connectivity index is 1.58. The van der Waals surface area contributed by atoms with Gasteiger partial charge in [0.25, 0.3) is 5.91 Å². The van der Waals surface area contributed by atoms with Crippen molar-refractivity contribution >= 4 is 50.9 Å². The number of carbonyl (C=O) groups excluding carboxylic acids is 1. The second kappa shape index (κ2) is 8.43. The fourth-order valence-electron chi connectivity index (χ4n) is 2.61. The first-order chi connectivity index (χ1) is 13.6. The van der Waals surface area contributed by atoms with Crippen LogP contribution in [0.1, 0.15) is 10.4 Å². The average Bonchev–Trinajstić information content (AvgIpc) is 2.70. The zero-order valence-corrected chi connectivity index (χ0v) is 17.6. The number of fused-ring (bicyclic) bond motifs is 1. The topological polar surface area (TPSA) is 60.5 Å². The first-order valence-corrected chi connectivity index (χ1v) is 10.4. The molecule has 1 N–H and O–H groups in total. The molecule has 5 nitrogen and oxygen atoms in total. The van der Waals surface area contributed by atoms with Crippen molar-refractivity contribution in [3.63, 3.8) is 0 Å². The van der Waals surface area contributed by atoms with E-state index >= 15 is 0 Å². The summed E-state index contributed by atoms with van der Waals surface area (Å²) in [5, 5.41) is 3.83.